The number of pyridine rings is 1. The Morgan fingerprint density at radius 2 is 1.86 bits per heavy atom. The van der Waals surface area contributed by atoms with Crippen molar-refractivity contribution >= 4 is 5.82 Å². The summed E-state index contributed by atoms with van der Waals surface area (Å²) >= 11 is 0. The van der Waals surface area contributed by atoms with Crippen LogP contribution in [0.5, 0.6) is 11.5 Å². The van der Waals surface area contributed by atoms with E-state index < -0.39 is 17.5 Å². The summed E-state index contributed by atoms with van der Waals surface area (Å²) in [4.78, 5) is 6.49. The molecule has 2 heterocycles. The highest BCUT2D eigenvalue weighted by Crippen LogP contribution is 2.43. The zero-order chi connectivity index (χ0) is 19.9. The van der Waals surface area contributed by atoms with Crippen LogP contribution in [0.1, 0.15) is 24.0 Å². The van der Waals surface area contributed by atoms with E-state index in [0.29, 0.717) is 24.7 Å². The number of piperidine rings is 1. The van der Waals surface area contributed by atoms with Gasteiger partial charge in [0.25, 0.3) is 0 Å². The summed E-state index contributed by atoms with van der Waals surface area (Å²) in [5, 5.41) is 18.9. The van der Waals surface area contributed by atoms with Crippen LogP contribution in [0.4, 0.5) is 19.0 Å². The smallest absolute Gasteiger partial charge is 0.416 e. The normalized spacial score (nSPS) is 24.1. The van der Waals surface area contributed by atoms with Crippen LogP contribution < -0.4 is 9.64 Å². The minimum atomic E-state index is -4.51. The number of nitriles is 1. The number of phenolic OH excluding ortho intramolecular Hbond substituents is 1. The number of hydrogen-bond acceptors (Lipinski definition) is 5. The van der Waals surface area contributed by atoms with Crippen LogP contribution in [0.15, 0.2) is 36.5 Å². The molecule has 2 aliphatic rings. The largest absolute Gasteiger partial charge is 0.504 e. The molecule has 8 heteroatoms. The van der Waals surface area contributed by atoms with Crippen molar-refractivity contribution in [3.63, 3.8) is 0 Å². The molecule has 1 saturated heterocycles. The number of hydrogen-bond donors (Lipinski definition) is 1. The van der Waals surface area contributed by atoms with E-state index in [1.165, 1.54) is 6.07 Å². The van der Waals surface area contributed by atoms with Crippen LogP contribution >= 0.6 is 0 Å². The van der Waals surface area contributed by atoms with E-state index in [2.05, 4.69) is 9.88 Å². The molecule has 146 valence electrons. The standard InChI is InChI=1S/C20H18F3N3O2/c21-20(22,23)15-4-5-17(16(27)7-15)28-19-13-2-3-14(19)11-26(10-13)18-6-1-12(8-24)9-25-18/h1,4-7,9,13-14,19,27H,2-3,10-11H2/t13-,14+,19-. The molecular weight excluding hydrogens is 371 g/mol. The van der Waals surface area contributed by atoms with Gasteiger partial charge in [-0.3, -0.25) is 0 Å². The molecule has 2 bridgehead atoms. The minimum absolute atomic E-state index is 0.0832. The Morgan fingerprint density at radius 3 is 2.39 bits per heavy atom. The average Bonchev–Trinajstić information content (AvgIpc) is 2.89. The van der Waals surface area contributed by atoms with Crippen LogP contribution in [-0.2, 0) is 6.18 Å². The van der Waals surface area contributed by atoms with E-state index >= 15 is 0 Å². The van der Waals surface area contributed by atoms with Crippen molar-refractivity contribution in [1.29, 1.82) is 5.26 Å². The summed E-state index contributed by atoms with van der Waals surface area (Å²) in [6.45, 7) is 1.42. The Labute approximate surface area is 160 Å². The van der Waals surface area contributed by atoms with Crippen molar-refractivity contribution in [3.8, 4) is 17.6 Å². The van der Waals surface area contributed by atoms with Crippen molar-refractivity contribution in [2.75, 3.05) is 18.0 Å². The zero-order valence-corrected chi connectivity index (χ0v) is 14.9. The van der Waals surface area contributed by atoms with E-state index in [0.717, 1.165) is 24.7 Å². The number of aromatic nitrogens is 1. The monoisotopic (exact) mass is 389 g/mol. The number of rotatable bonds is 3. The second kappa shape index (κ2) is 6.89. The second-order valence-corrected chi connectivity index (χ2v) is 7.28. The van der Waals surface area contributed by atoms with Gasteiger partial charge in [0.05, 0.1) is 11.1 Å². The van der Waals surface area contributed by atoms with Gasteiger partial charge in [0, 0.05) is 31.1 Å². The molecule has 1 aliphatic carbocycles. The lowest BCUT2D eigenvalue weighted by molar-refractivity contribution is -0.137. The van der Waals surface area contributed by atoms with Crippen LogP contribution in [0, 0.1) is 23.2 Å². The highest BCUT2D eigenvalue weighted by Gasteiger charge is 2.44. The molecule has 1 saturated carbocycles. The van der Waals surface area contributed by atoms with Gasteiger partial charge >= 0.3 is 6.18 Å². The Balaban J connectivity index is 1.47. The predicted octanol–water partition coefficient (Wildman–Crippen LogP) is 3.97. The molecule has 0 unspecified atom stereocenters. The summed E-state index contributed by atoms with van der Waals surface area (Å²) < 4.78 is 44.2. The summed E-state index contributed by atoms with van der Waals surface area (Å²) in [5.74, 6) is 0.771. The molecule has 2 aromatic rings. The first kappa shape index (κ1) is 18.4. The van der Waals surface area contributed by atoms with Crippen molar-refractivity contribution in [3.05, 3.63) is 47.7 Å². The molecule has 0 spiro atoms. The maximum atomic E-state index is 12.8. The summed E-state index contributed by atoms with van der Waals surface area (Å²) in [5.41, 5.74) is -0.398. The van der Waals surface area contributed by atoms with Gasteiger partial charge < -0.3 is 14.7 Å². The van der Waals surface area contributed by atoms with Crippen LogP contribution in [0.25, 0.3) is 0 Å². The third kappa shape index (κ3) is 3.44. The van der Waals surface area contributed by atoms with Crippen molar-refractivity contribution in [1.82, 2.24) is 4.98 Å². The Morgan fingerprint density at radius 1 is 1.14 bits per heavy atom. The van der Waals surface area contributed by atoms with E-state index in [1.807, 2.05) is 12.1 Å². The van der Waals surface area contributed by atoms with Gasteiger partial charge in [-0.05, 0) is 43.2 Å². The van der Waals surface area contributed by atoms with Crippen molar-refractivity contribution in [2.24, 2.45) is 11.8 Å². The number of fused-ring (bicyclic) bond motifs is 2. The van der Waals surface area contributed by atoms with E-state index in [1.54, 1.807) is 12.3 Å². The molecule has 4 rings (SSSR count). The first-order valence-corrected chi connectivity index (χ1v) is 9.03. The fourth-order valence-electron chi connectivity index (χ4n) is 4.13. The molecule has 28 heavy (non-hydrogen) atoms. The molecule has 3 atom stereocenters. The van der Waals surface area contributed by atoms with Gasteiger partial charge in [-0.25, -0.2) is 4.98 Å². The topological polar surface area (TPSA) is 69.4 Å². The van der Waals surface area contributed by atoms with Crippen LogP contribution in [0.2, 0.25) is 0 Å². The van der Waals surface area contributed by atoms with Crippen LogP contribution in [0.3, 0.4) is 0 Å². The summed E-state index contributed by atoms with van der Waals surface area (Å²) in [6, 6.07) is 8.41. The molecule has 2 fully saturated rings. The van der Waals surface area contributed by atoms with Gasteiger partial charge in [0.2, 0.25) is 0 Å². The third-order valence-corrected chi connectivity index (χ3v) is 5.50. The van der Waals surface area contributed by atoms with Gasteiger partial charge in [-0.2, -0.15) is 18.4 Å². The lowest BCUT2D eigenvalue weighted by Crippen LogP contribution is -2.47. The fourth-order valence-corrected chi connectivity index (χ4v) is 4.13. The second-order valence-electron chi connectivity index (χ2n) is 7.28. The Bertz CT molecular complexity index is 894. The Hall–Kier alpha value is -2.95. The number of nitrogens with zero attached hydrogens (tertiary/aromatic N) is 3. The molecule has 0 radical (unpaired) electrons. The molecule has 1 N–H and O–H groups in total. The quantitative estimate of drug-likeness (QED) is 0.860. The summed E-state index contributed by atoms with van der Waals surface area (Å²) in [6.07, 6.45) is -1.22. The highest BCUT2D eigenvalue weighted by atomic mass is 19.4. The number of phenols is 1. The SMILES string of the molecule is N#Cc1ccc(N2C[C@H]3CC[C@@H](C2)[C@@H]3Oc2ccc(C(F)(F)F)cc2O)nc1. The molecule has 0 amide bonds. The number of benzene rings is 1. The summed E-state index contributed by atoms with van der Waals surface area (Å²) in [7, 11) is 0. The van der Waals surface area contributed by atoms with Crippen molar-refractivity contribution in [2.45, 2.75) is 25.1 Å². The van der Waals surface area contributed by atoms with E-state index in [-0.39, 0.29) is 23.7 Å². The molecule has 1 aliphatic heterocycles. The van der Waals surface area contributed by atoms with Gasteiger partial charge in [0.1, 0.15) is 18.0 Å². The van der Waals surface area contributed by atoms with Crippen LogP contribution in [-0.4, -0.2) is 29.3 Å². The predicted molar refractivity (Wildman–Crippen MR) is 94.9 cm³/mol. The van der Waals surface area contributed by atoms with E-state index in [4.69, 9.17) is 10.00 Å². The number of ether oxygens (including phenoxy) is 1. The molecule has 1 aromatic carbocycles. The maximum absolute atomic E-state index is 12.8. The molecular formula is C20H18F3N3O2. The van der Waals surface area contributed by atoms with E-state index in [9.17, 15) is 18.3 Å². The number of aromatic hydroxyl groups is 1. The highest BCUT2D eigenvalue weighted by molar-refractivity contribution is 5.45. The molecule has 5 nitrogen and oxygen atoms in total. The van der Waals surface area contributed by atoms with Gasteiger partial charge in [0.15, 0.2) is 11.5 Å². The Kier molecular flexibility index (Phi) is 4.53. The fraction of sp³-hybridized carbons (Fsp3) is 0.400. The number of anilines is 1. The number of halogens is 3. The first-order chi connectivity index (χ1) is 13.3. The first-order valence-electron chi connectivity index (χ1n) is 9.03. The lowest BCUT2D eigenvalue weighted by atomic mass is 9.94. The van der Waals surface area contributed by atoms with Gasteiger partial charge in [-0.1, -0.05) is 0 Å². The van der Waals surface area contributed by atoms with Crippen molar-refractivity contribution < 1.29 is 23.0 Å². The van der Waals surface area contributed by atoms with Gasteiger partial charge in [-0.15, -0.1) is 0 Å². The number of alkyl halides is 3. The third-order valence-electron chi connectivity index (χ3n) is 5.50. The average molecular weight is 389 g/mol. The lowest BCUT2D eigenvalue weighted by Gasteiger charge is -2.38. The minimum Gasteiger partial charge on any atom is -0.504 e. The molecule has 1 aromatic heterocycles. The maximum Gasteiger partial charge on any atom is 0.416 e. The zero-order valence-electron chi connectivity index (χ0n) is 14.9.